The molecule has 2 saturated carbocycles. The van der Waals surface area contributed by atoms with E-state index in [0.717, 1.165) is 18.7 Å². The molecule has 18 heteroatoms. The number of amides is 4. The first kappa shape index (κ1) is 42.0. The summed E-state index contributed by atoms with van der Waals surface area (Å²) < 4.78 is 83.7. The van der Waals surface area contributed by atoms with Crippen molar-refractivity contribution in [2.24, 2.45) is 17.8 Å². The number of nitrogens with zero attached hydrogens (tertiary/aromatic N) is 3. The zero-order valence-electron chi connectivity index (χ0n) is 32.5. The first-order chi connectivity index (χ1) is 26.8. The summed E-state index contributed by atoms with van der Waals surface area (Å²) in [5, 5.41) is 13.3. The Hall–Kier alpha value is -4.61. The molecule has 57 heavy (non-hydrogen) atoms. The highest BCUT2D eigenvalue weighted by Gasteiger charge is 2.62. The van der Waals surface area contributed by atoms with Crippen molar-refractivity contribution in [1.82, 2.24) is 24.8 Å². The molecule has 2 aliphatic heterocycles. The van der Waals surface area contributed by atoms with E-state index in [-0.39, 0.29) is 55.2 Å². The number of alkyl halides is 2. The highest BCUT2D eigenvalue weighted by atomic mass is 32.2. The molecular formula is C39H50F3N5O9S. The average molecular weight is 822 g/mol. The van der Waals surface area contributed by atoms with Crippen molar-refractivity contribution >= 4 is 44.6 Å². The monoisotopic (exact) mass is 821 g/mol. The van der Waals surface area contributed by atoms with E-state index >= 15 is 4.79 Å². The minimum absolute atomic E-state index is 0.0228. The Kier molecular flexibility index (Phi) is 11.8. The van der Waals surface area contributed by atoms with E-state index in [0.29, 0.717) is 36.0 Å². The highest BCUT2D eigenvalue weighted by molar-refractivity contribution is 7.91. The second-order valence-electron chi connectivity index (χ2n) is 16.3. The Balaban J connectivity index is 1.43. The molecule has 0 bridgehead atoms. The van der Waals surface area contributed by atoms with E-state index in [1.165, 1.54) is 25.4 Å². The van der Waals surface area contributed by atoms with Crippen LogP contribution in [-0.4, -0.2) is 107 Å². The fourth-order valence-corrected chi connectivity index (χ4v) is 9.58. The molecule has 0 spiro atoms. The molecule has 1 aromatic heterocycles. The fraction of sp³-hybridized carbons (Fsp3) is 0.615. The molecule has 7 atom stereocenters. The van der Waals surface area contributed by atoms with Gasteiger partial charge in [-0.3, -0.25) is 24.0 Å². The van der Waals surface area contributed by atoms with Gasteiger partial charge in [-0.15, -0.1) is 0 Å². The van der Waals surface area contributed by atoms with E-state index in [1.807, 2.05) is 13.0 Å². The van der Waals surface area contributed by atoms with Crippen molar-refractivity contribution < 1.29 is 55.3 Å². The number of aromatic nitrogens is 1. The number of sulfonamides is 1. The van der Waals surface area contributed by atoms with Gasteiger partial charge >= 0.3 is 6.09 Å². The van der Waals surface area contributed by atoms with Crippen molar-refractivity contribution in [3.8, 4) is 11.6 Å². The van der Waals surface area contributed by atoms with E-state index in [9.17, 15) is 41.1 Å². The van der Waals surface area contributed by atoms with Crippen molar-refractivity contribution in [1.29, 1.82) is 0 Å². The van der Waals surface area contributed by atoms with Gasteiger partial charge in [-0.2, -0.15) is 0 Å². The molecule has 4 amide bonds. The standard InChI is InChI=1S/C39H50F3N5O9S/c1-6-22-15-21(2)9-7-8-10-24-19-39(24,36(50)45-57(53,54)26-11-12-26)44-32(48)29-17-25(56-33-27-18-28(40)30(55-5)16-23(27)13-14-43-33)20-46(29)34(49)31(22)47(37(51)52)38(3,4)35(41)42/h8,10,13-14,16,18,21-22,24-26,29,31,35H,6-7,9,11-12,15,17,19-20H2,1-5H3,(H,44,48)(H,45,50)(H,51,52)/b10-8-/t21-,22-,24-,25-,29+,31+,39-/m1/s1. The van der Waals surface area contributed by atoms with Crippen molar-refractivity contribution in [3.05, 3.63) is 42.4 Å². The van der Waals surface area contributed by atoms with E-state index in [2.05, 4.69) is 15.0 Å². The molecule has 312 valence electrons. The van der Waals surface area contributed by atoms with Crippen LogP contribution in [0.1, 0.15) is 79.1 Å². The number of hydrogen-bond donors (Lipinski definition) is 3. The molecule has 14 nitrogen and oxygen atoms in total. The number of pyridine rings is 1. The first-order valence-corrected chi connectivity index (χ1v) is 20.8. The summed E-state index contributed by atoms with van der Waals surface area (Å²) in [7, 11) is -2.70. The average Bonchev–Trinajstić information content (AvgIpc) is 4.07. The van der Waals surface area contributed by atoms with E-state index in [1.54, 1.807) is 19.1 Å². The lowest BCUT2D eigenvalue weighted by molar-refractivity contribution is -0.149. The number of carbonyl (C=O) groups is 4. The third kappa shape index (κ3) is 8.37. The number of carboxylic acid groups (broad SMARTS) is 1. The van der Waals surface area contributed by atoms with Crippen LogP contribution in [0, 0.1) is 23.6 Å². The molecule has 0 radical (unpaired) electrons. The number of fused-ring (bicyclic) bond motifs is 3. The van der Waals surface area contributed by atoms with Crippen LogP contribution in [0.2, 0.25) is 0 Å². The number of benzene rings is 1. The minimum Gasteiger partial charge on any atom is -0.494 e. The molecular weight excluding hydrogens is 772 g/mol. The summed E-state index contributed by atoms with van der Waals surface area (Å²) in [5.74, 6) is -4.88. The Labute approximate surface area is 329 Å². The summed E-state index contributed by atoms with van der Waals surface area (Å²) in [6, 6.07) is 1.13. The summed E-state index contributed by atoms with van der Waals surface area (Å²) in [6.07, 6.45) is 1.31. The van der Waals surface area contributed by atoms with Gasteiger partial charge < -0.3 is 24.8 Å². The highest BCUT2D eigenvalue weighted by Crippen LogP contribution is 2.46. The van der Waals surface area contributed by atoms with Crippen molar-refractivity contribution in [2.45, 2.75) is 120 Å². The Morgan fingerprint density at radius 3 is 2.54 bits per heavy atom. The smallest absolute Gasteiger partial charge is 0.408 e. The maximum Gasteiger partial charge on any atom is 0.408 e. The number of methoxy groups -OCH3 is 1. The van der Waals surface area contributed by atoms with Gasteiger partial charge in [-0.1, -0.05) is 32.4 Å². The molecule has 3 N–H and O–H groups in total. The summed E-state index contributed by atoms with van der Waals surface area (Å²) in [4.78, 5) is 62.3. The van der Waals surface area contributed by atoms with Crippen LogP contribution in [0.15, 0.2) is 36.5 Å². The zero-order chi connectivity index (χ0) is 41.6. The van der Waals surface area contributed by atoms with Crippen molar-refractivity contribution in [2.75, 3.05) is 13.7 Å². The van der Waals surface area contributed by atoms with Crippen molar-refractivity contribution in [3.63, 3.8) is 0 Å². The fourth-order valence-electron chi connectivity index (χ4n) is 8.21. The van der Waals surface area contributed by atoms with Gasteiger partial charge in [0.1, 0.15) is 29.3 Å². The van der Waals surface area contributed by atoms with Crippen LogP contribution in [0.4, 0.5) is 18.0 Å². The first-order valence-electron chi connectivity index (χ1n) is 19.3. The molecule has 3 fully saturated rings. The Bertz CT molecular complexity index is 2050. The third-order valence-electron chi connectivity index (χ3n) is 11.9. The van der Waals surface area contributed by atoms with Crippen LogP contribution in [0.3, 0.4) is 0 Å². The largest absolute Gasteiger partial charge is 0.494 e. The number of halogens is 3. The lowest BCUT2D eigenvalue weighted by Gasteiger charge is -2.45. The third-order valence-corrected chi connectivity index (χ3v) is 13.7. The van der Waals surface area contributed by atoms with Gasteiger partial charge in [0.05, 0.1) is 18.9 Å². The molecule has 0 unspecified atom stereocenters. The van der Waals surface area contributed by atoms with Gasteiger partial charge in [-0.25, -0.2) is 31.4 Å². The maximum absolute atomic E-state index is 15.1. The van der Waals surface area contributed by atoms with Gasteiger partial charge in [0.15, 0.2) is 11.6 Å². The summed E-state index contributed by atoms with van der Waals surface area (Å²) >= 11 is 0. The second-order valence-corrected chi connectivity index (χ2v) is 18.3. The number of carbonyl (C=O) groups excluding carboxylic acids is 3. The topological polar surface area (TPSA) is 185 Å². The number of allylic oxidation sites excluding steroid dienone is 1. The van der Waals surface area contributed by atoms with E-state index < -0.39 is 92.4 Å². The molecule has 6 rings (SSSR count). The van der Waals surface area contributed by atoms with Gasteiger partial charge in [0.25, 0.3) is 12.3 Å². The van der Waals surface area contributed by atoms with Crippen LogP contribution in [-0.2, 0) is 24.4 Å². The Morgan fingerprint density at radius 1 is 1.19 bits per heavy atom. The summed E-state index contributed by atoms with van der Waals surface area (Å²) in [6.45, 7) is 5.41. The second kappa shape index (κ2) is 16.0. The SMILES string of the molecule is CC[C@@H]1C[C@H](C)CC/C=C\[C@@H]2C[C@@]2(C(=O)NS(=O)(=O)C2CC2)NC(=O)[C@@H]2C[C@@H](Oc3nccc4cc(OC)c(F)cc34)CN2C(=O)[C@H]1N(C(=O)O)C(C)(C)C(F)F. The lowest BCUT2D eigenvalue weighted by atomic mass is 9.82. The predicted octanol–water partition coefficient (Wildman–Crippen LogP) is 5.01. The zero-order valence-corrected chi connectivity index (χ0v) is 33.4. The summed E-state index contributed by atoms with van der Waals surface area (Å²) in [5.41, 5.74) is -4.02. The molecule has 1 saturated heterocycles. The van der Waals surface area contributed by atoms with Crippen LogP contribution >= 0.6 is 0 Å². The predicted molar refractivity (Wildman–Crippen MR) is 202 cm³/mol. The van der Waals surface area contributed by atoms with E-state index in [4.69, 9.17) is 9.47 Å². The number of hydrogen-bond acceptors (Lipinski definition) is 9. The number of rotatable bonds is 10. The molecule has 3 heterocycles. The molecule has 2 aliphatic carbocycles. The van der Waals surface area contributed by atoms with Crippen LogP contribution in [0.5, 0.6) is 11.6 Å². The van der Waals surface area contributed by atoms with Gasteiger partial charge in [-0.05, 0) is 87.8 Å². The molecule has 4 aliphatic rings. The van der Waals surface area contributed by atoms with Gasteiger partial charge in [0, 0.05) is 23.9 Å². The lowest BCUT2D eigenvalue weighted by Crippen LogP contribution is -2.65. The van der Waals surface area contributed by atoms with Crippen LogP contribution in [0.25, 0.3) is 10.8 Å². The maximum atomic E-state index is 15.1. The van der Waals surface area contributed by atoms with Crippen LogP contribution < -0.4 is 19.5 Å². The minimum atomic E-state index is -4.01. The molecule has 1 aromatic carbocycles. The number of nitrogens with one attached hydrogen (secondary N) is 2. The molecule has 2 aromatic rings. The van der Waals surface area contributed by atoms with Gasteiger partial charge in [0.2, 0.25) is 27.7 Å². The number of ether oxygens (including phenoxy) is 2. The quantitative estimate of drug-likeness (QED) is 0.276. The Morgan fingerprint density at radius 2 is 1.91 bits per heavy atom. The normalized spacial score (nSPS) is 29.0.